The van der Waals surface area contributed by atoms with E-state index in [1.54, 1.807) is 24.4 Å². The Morgan fingerprint density at radius 1 is 1.47 bits per heavy atom. The quantitative estimate of drug-likeness (QED) is 0.792. The fourth-order valence-corrected chi connectivity index (χ4v) is 2.04. The number of Topliss-reactive ketones (excluding diaryl/α,β-unsaturated/α-hetero) is 1. The van der Waals surface area contributed by atoms with Crippen LogP contribution in [0.1, 0.15) is 24.5 Å². The molecule has 17 heavy (non-hydrogen) atoms. The Bertz CT molecular complexity index is 419. The molecule has 1 aliphatic rings. The summed E-state index contributed by atoms with van der Waals surface area (Å²) in [5.74, 6) is -0.816. The minimum Gasteiger partial charge on any atom is -0.381 e. The van der Waals surface area contributed by atoms with Gasteiger partial charge in [-0.15, -0.1) is 0 Å². The molecule has 0 spiro atoms. The molecule has 4 nitrogen and oxygen atoms in total. The van der Waals surface area contributed by atoms with Crippen molar-refractivity contribution in [3.63, 3.8) is 0 Å². The first-order chi connectivity index (χ1) is 8.33. The maximum absolute atomic E-state index is 12.2. The lowest BCUT2D eigenvalue weighted by molar-refractivity contribution is -0.126. The number of carbonyl (C=O) groups excluding carboxylic acids is 1. The molecule has 1 aromatic rings. The summed E-state index contributed by atoms with van der Waals surface area (Å²) in [5.41, 5.74) is 0.548. The molecule has 1 atom stereocenters. The van der Waals surface area contributed by atoms with E-state index in [1.165, 1.54) is 0 Å². The van der Waals surface area contributed by atoms with Gasteiger partial charge in [0.05, 0.1) is 11.8 Å². The topological polar surface area (TPSA) is 63.0 Å². The van der Waals surface area contributed by atoms with Crippen LogP contribution in [0.15, 0.2) is 24.4 Å². The van der Waals surface area contributed by atoms with Crippen LogP contribution in [0.5, 0.6) is 0 Å². The van der Waals surface area contributed by atoms with Gasteiger partial charge < -0.3 is 4.74 Å². The Labute approximate surface area is 100 Å². The standard InChI is InChI=1S/C13H14N2O2/c14-9-11(12-3-1-2-6-15-12)13(16)10-4-7-17-8-5-10/h1-3,6,10-11H,4-5,7-8H2. The molecule has 0 saturated carbocycles. The van der Waals surface area contributed by atoms with E-state index >= 15 is 0 Å². The van der Waals surface area contributed by atoms with Gasteiger partial charge in [0, 0.05) is 25.3 Å². The van der Waals surface area contributed by atoms with Crippen LogP contribution < -0.4 is 0 Å². The number of ether oxygens (including phenoxy) is 1. The molecule has 1 aromatic heterocycles. The molecule has 0 aromatic carbocycles. The lowest BCUT2D eigenvalue weighted by atomic mass is 9.86. The average molecular weight is 230 g/mol. The van der Waals surface area contributed by atoms with Crippen molar-refractivity contribution in [2.75, 3.05) is 13.2 Å². The monoisotopic (exact) mass is 230 g/mol. The number of pyridine rings is 1. The third-order valence-corrected chi connectivity index (χ3v) is 3.02. The van der Waals surface area contributed by atoms with Crippen LogP contribution >= 0.6 is 0 Å². The van der Waals surface area contributed by atoms with Crippen LogP contribution in [0.4, 0.5) is 0 Å². The fraction of sp³-hybridized carbons (Fsp3) is 0.462. The van der Waals surface area contributed by atoms with Crippen molar-refractivity contribution in [1.29, 1.82) is 5.26 Å². The zero-order valence-electron chi connectivity index (χ0n) is 9.50. The van der Waals surface area contributed by atoms with Gasteiger partial charge in [-0.2, -0.15) is 5.26 Å². The van der Waals surface area contributed by atoms with Crippen molar-refractivity contribution in [2.45, 2.75) is 18.8 Å². The van der Waals surface area contributed by atoms with Gasteiger partial charge >= 0.3 is 0 Å². The van der Waals surface area contributed by atoms with Crippen LogP contribution in [0, 0.1) is 17.2 Å². The number of ketones is 1. The molecule has 0 aliphatic carbocycles. The van der Waals surface area contributed by atoms with E-state index in [0.29, 0.717) is 31.7 Å². The molecule has 4 heteroatoms. The van der Waals surface area contributed by atoms with Crippen molar-refractivity contribution >= 4 is 5.78 Å². The molecule has 1 unspecified atom stereocenters. The molecule has 0 bridgehead atoms. The van der Waals surface area contributed by atoms with Crippen molar-refractivity contribution < 1.29 is 9.53 Å². The molecule has 2 heterocycles. The van der Waals surface area contributed by atoms with E-state index in [1.807, 2.05) is 0 Å². The second-order valence-electron chi connectivity index (χ2n) is 4.11. The maximum Gasteiger partial charge on any atom is 0.159 e. The molecule has 2 rings (SSSR count). The first-order valence-corrected chi connectivity index (χ1v) is 5.75. The van der Waals surface area contributed by atoms with Crippen LogP contribution in [0.3, 0.4) is 0 Å². The van der Waals surface area contributed by atoms with E-state index in [-0.39, 0.29) is 11.7 Å². The zero-order valence-corrected chi connectivity index (χ0v) is 9.50. The summed E-state index contributed by atoms with van der Waals surface area (Å²) in [7, 11) is 0. The summed E-state index contributed by atoms with van der Waals surface area (Å²) in [6.07, 6.45) is 3.03. The highest BCUT2D eigenvalue weighted by Crippen LogP contribution is 2.24. The smallest absolute Gasteiger partial charge is 0.159 e. The third-order valence-electron chi connectivity index (χ3n) is 3.02. The van der Waals surface area contributed by atoms with Crippen LogP contribution in [0.2, 0.25) is 0 Å². The summed E-state index contributed by atoms with van der Waals surface area (Å²) in [5, 5.41) is 9.14. The molecule has 88 valence electrons. The highest BCUT2D eigenvalue weighted by Gasteiger charge is 2.30. The summed E-state index contributed by atoms with van der Waals surface area (Å²) in [6.45, 7) is 1.22. The molecule has 0 N–H and O–H groups in total. The number of hydrogen-bond acceptors (Lipinski definition) is 4. The normalized spacial score (nSPS) is 18.3. The van der Waals surface area contributed by atoms with E-state index in [4.69, 9.17) is 10.00 Å². The van der Waals surface area contributed by atoms with Gasteiger partial charge in [0.2, 0.25) is 0 Å². The molecule has 1 aliphatic heterocycles. The Kier molecular flexibility index (Phi) is 3.84. The van der Waals surface area contributed by atoms with Gasteiger partial charge in [-0.25, -0.2) is 0 Å². The zero-order chi connectivity index (χ0) is 12.1. The van der Waals surface area contributed by atoms with Crippen molar-refractivity contribution in [3.05, 3.63) is 30.1 Å². The SMILES string of the molecule is N#CC(C(=O)C1CCOCC1)c1ccccn1. The van der Waals surface area contributed by atoms with Crippen molar-refractivity contribution in [2.24, 2.45) is 5.92 Å². The van der Waals surface area contributed by atoms with Crippen molar-refractivity contribution in [1.82, 2.24) is 4.98 Å². The first-order valence-electron chi connectivity index (χ1n) is 5.75. The lowest BCUT2D eigenvalue weighted by Gasteiger charge is -2.22. The fourth-order valence-electron chi connectivity index (χ4n) is 2.04. The molecular weight excluding hydrogens is 216 g/mol. The Hall–Kier alpha value is -1.73. The van der Waals surface area contributed by atoms with Crippen LogP contribution in [-0.4, -0.2) is 24.0 Å². The van der Waals surface area contributed by atoms with E-state index < -0.39 is 5.92 Å². The lowest BCUT2D eigenvalue weighted by Crippen LogP contribution is -2.27. The minimum absolute atomic E-state index is 0.0190. The second-order valence-corrected chi connectivity index (χ2v) is 4.11. The maximum atomic E-state index is 12.2. The number of carbonyl (C=O) groups is 1. The van der Waals surface area contributed by atoms with Gasteiger partial charge in [-0.1, -0.05) is 6.07 Å². The average Bonchev–Trinajstić information content (AvgIpc) is 2.42. The van der Waals surface area contributed by atoms with Crippen molar-refractivity contribution in [3.8, 4) is 6.07 Å². The minimum atomic E-state index is -0.737. The Morgan fingerprint density at radius 3 is 2.82 bits per heavy atom. The second kappa shape index (κ2) is 5.55. The van der Waals surface area contributed by atoms with Crippen LogP contribution in [-0.2, 0) is 9.53 Å². The first kappa shape index (κ1) is 11.7. The Balaban J connectivity index is 2.13. The van der Waals surface area contributed by atoms with Crippen LogP contribution in [0.25, 0.3) is 0 Å². The van der Waals surface area contributed by atoms with Gasteiger partial charge in [0.25, 0.3) is 0 Å². The predicted octanol–water partition coefficient (Wildman–Crippen LogP) is 1.68. The molecule has 1 saturated heterocycles. The molecule has 1 fully saturated rings. The number of hydrogen-bond donors (Lipinski definition) is 0. The highest BCUT2D eigenvalue weighted by atomic mass is 16.5. The summed E-state index contributed by atoms with van der Waals surface area (Å²) < 4.78 is 5.22. The predicted molar refractivity (Wildman–Crippen MR) is 61.1 cm³/mol. The number of rotatable bonds is 3. The largest absolute Gasteiger partial charge is 0.381 e. The van der Waals surface area contributed by atoms with E-state index in [9.17, 15) is 4.79 Å². The van der Waals surface area contributed by atoms with Gasteiger partial charge in [0.15, 0.2) is 5.78 Å². The Morgan fingerprint density at radius 2 is 2.24 bits per heavy atom. The number of aromatic nitrogens is 1. The van der Waals surface area contributed by atoms with E-state index in [0.717, 1.165) is 0 Å². The summed E-state index contributed by atoms with van der Waals surface area (Å²) in [4.78, 5) is 16.3. The van der Waals surface area contributed by atoms with Gasteiger partial charge in [-0.3, -0.25) is 9.78 Å². The van der Waals surface area contributed by atoms with E-state index in [2.05, 4.69) is 11.1 Å². The summed E-state index contributed by atoms with van der Waals surface area (Å²) in [6, 6.07) is 7.36. The number of nitriles is 1. The molecular formula is C13H14N2O2. The summed E-state index contributed by atoms with van der Waals surface area (Å²) >= 11 is 0. The number of nitrogens with zero attached hydrogens (tertiary/aromatic N) is 2. The molecule has 0 radical (unpaired) electrons. The van der Waals surface area contributed by atoms with Gasteiger partial charge in [-0.05, 0) is 25.0 Å². The molecule has 0 amide bonds. The highest BCUT2D eigenvalue weighted by molar-refractivity contribution is 5.90. The third kappa shape index (κ3) is 2.69. The van der Waals surface area contributed by atoms with Gasteiger partial charge in [0.1, 0.15) is 5.92 Å².